The second-order valence-electron chi connectivity index (χ2n) is 4.30. The minimum Gasteiger partial charge on any atom is -0.396 e. The molecule has 1 heterocycles. The first-order valence-corrected chi connectivity index (χ1v) is 7.15. The van der Waals surface area contributed by atoms with Gasteiger partial charge in [0.2, 0.25) is 5.91 Å². The average Bonchev–Trinajstić information content (AvgIpc) is 2.92. The van der Waals surface area contributed by atoms with Crippen molar-refractivity contribution in [1.29, 1.82) is 0 Å². The third-order valence-electron chi connectivity index (χ3n) is 2.87. The van der Waals surface area contributed by atoms with Gasteiger partial charge in [0.25, 0.3) is 0 Å². The van der Waals surface area contributed by atoms with Crippen LogP contribution in [0.15, 0.2) is 47.8 Å². The molecule has 1 aromatic heterocycles. The minimum atomic E-state index is -0.126. The number of carbonyl (C=O) groups is 1. The van der Waals surface area contributed by atoms with Gasteiger partial charge in [-0.3, -0.25) is 4.79 Å². The van der Waals surface area contributed by atoms with Crippen molar-refractivity contribution in [2.75, 3.05) is 6.61 Å². The summed E-state index contributed by atoms with van der Waals surface area (Å²) >= 11 is 1.58. The van der Waals surface area contributed by atoms with Crippen molar-refractivity contribution < 1.29 is 9.90 Å². The third-order valence-corrected chi connectivity index (χ3v) is 3.75. The van der Waals surface area contributed by atoms with Crippen LogP contribution in [0, 0.1) is 0 Å². The highest BCUT2D eigenvalue weighted by Crippen LogP contribution is 2.17. The summed E-state index contributed by atoms with van der Waals surface area (Å²) < 4.78 is 0. The van der Waals surface area contributed by atoms with E-state index in [0.29, 0.717) is 12.8 Å². The Morgan fingerprint density at radius 3 is 2.63 bits per heavy atom. The van der Waals surface area contributed by atoms with E-state index in [1.54, 1.807) is 11.3 Å². The maximum absolute atomic E-state index is 12.0. The lowest BCUT2D eigenvalue weighted by molar-refractivity contribution is -0.121. The van der Waals surface area contributed by atoms with Gasteiger partial charge in [0.15, 0.2) is 0 Å². The summed E-state index contributed by atoms with van der Waals surface area (Å²) in [5.74, 6) is -0.00949. The number of nitrogens with one attached hydrogen (secondary N) is 1. The summed E-state index contributed by atoms with van der Waals surface area (Å²) in [6, 6.07) is 13.5. The molecule has 0 saturated heterocycles. The van der Waals surface area contributed by atoms with E-state index in [1.165, 1.54) is 0 Å². The summed E-state index contributed by atoms with van der Waals surface area (Å²) in [6.45, 7) is 0.0544. The molecule has 1 unspecified atom stereocenters. The maximum atomic E-state index is 12.0. The molecule has 1 amide bonds. The topological polar surface area (TPSA) is 49.3 Å². The number of rotatable bonds is 6. The van der Waals surface area contributed by atoms with Gasteiger partial charge in [-0.25, -0.2) is 0 Å². The van der Waals surface area contributed by atoms with E-state index in [0.717, 1.165) is 10.4 Å². The first-order chi connectivity index (χ1) is 9.29. The number of thiophene rings is 1. The fraction of sp³-hybridized carbons (Fsp3) is 0.267. The monoisotopic (exact) mass is 275 g/mol. The van der Waals surface area contributed by atoms with Gasteiger partial charge in [-0.05, 0) is 23.4 Å². The fourth-order valence-electron chi connectivity index (χ4n) is 1.95. The standard InChI is InChI=1S/C15H17NO2S/c17-9-8-14(12-5-2-1-3-6-12)16-15(18)11-13-7-4-10-19-13/h1-7,10,14,17H,8-9,11H2,(H,16,18). The SMILES string of the molecule is O=C(Cc1cccs1)NC(CCO)c1ccccc1. The summed E-state index contributed by atoms with van der Waals surface area (Å²) in [5.41, 5.74) is 1.02. The number of hydrogen-bond donors (Lipinski definition) is 2. The fourth-order valence-corrected chi connectivity index (χ4v) is 2.66. The first-order valence-electron chi connectivity index (χ1n) is 6.27. The third kappa shape index (κ3) is 4.19. The van der Waals surface area contributed by atoms with Gasteiger partial charge in [0.1, 0.15) is 0 Å². The van der Waals surface area contributed by atoms with Crippen LogP contribution in [0.2, 0.25) is 0 Å². The molecule has 100 valence electrons. The zero-order valence-corrected chi connectivity index (χ0v) is 11.4. The number of amides is 1. The molecule has 0 saturated carbocycles. The summed E-state index contributed by atoms with van der Waals surface area (Å²) in [6.07, 6.45) is 0.923. The number of hydrogen-bond acceptors (Lipinski definition) is 3. The lowest BCUT2D eigenvalue weighted by Gasteiger charge is -2.18. The second-order valence-corrected chi connectivity index (χ2v) is 5.33. The van der Waals surface area contributed by atoms with Crippen LogP contribution in [0.5, 0.6) is 0 Å². The largest absolute Gasteiger partial charge is 0.396 e. The Bertz CT molecular complexity index is 496. The molecule has 0 spiro atoms. The van der Waals surface area contributed by atoms with Crippen LogP contribution in [0.1, 0.15) is 22.9 Å². The number of aliphatic hydroxyl groups excluding tert-OH is 1. The van der Waals surface area contributed by atoms with Crippen molar-refractivity contribution in [3.05, 3.63) is 58.3 Å². The number of aliphatic hydroxyl groups is 1. The van der Waals surface area contributed by atoms with Crippen molar-refractivity contribution in [2.45, 2.75) is 18.9 Å². The Kier molecular flexibility index (Phi) is 5.12. The zero-order chi connectivity index (χ0) is 13.5. The summed E-state index contributed by atoms with van der Waals surface area (Å²) in [4.78, 5) is 13.0. The molecule has 0 fully saturated rings. The molecule has 2 rings (SSSR count). The molecule has 1 aromatic carbocycles. The van der Waals surface area contributed by atoms with Crippen LogP contribution in [-0.4, -0.2) is 17.6 Å². The molecule has 19 heavy (non-hydrogen) atoms. The second kappa shape index (κ2) is 7.07. The lowest BCUT2D eigenvalue weighted by atomic mass is 10.0. The van der Waals surface area contributed by atoms with Crippen LogP contribution >= 0.6 is 11.3 Å². The van der Waals surface area contributed by atoms with Gasteiger partial charge < -0.3 is 10.4 Å². The Balaban J connectivity index is 1.98. The van der Waals surface area contributed by atoms with Crippen LogP contribution in [0.4, 0.5) is 0 Å². The van der Waals surface area contributed by atoms with Crippen molar-refractivity contribution in [2.24, 2.45) is 0 Å². The quantitative estimate of drug-likeness (QED) is 0.851. The Hall–Kier alpha value is -1.65. The predicted octanol–water partition coefficient (Wildman–Crippen LogP) is 2.53. The van der Waals surface area contributed by atoms with Crippen LogP contribution < -0.4 is 5.32 Å². The average molecular weight is 275 g/mol. The van der Waals surface area contributed by atoms with E-state index in [2.05, 4.69) is 5.32 Å². The highest BCUT2D eigenvalue weighted by Gasteiger charge is 2.14. The van der Waals surface area contributed by atoms with Crippen molar-refractivity contribution >= 4 is 17.2 Å². The first kappa shape index (κ1) is 13.8. The molecule has 0 aliphatic rings. The van der Waals surface area contributed by atoms with Crippen molar-refractivity contribution in [3.63, 3.8) is 0 Å². The lowest BCUT2D eigenvalue weighted by Crippen LogP contribution is -2.30. The van der Waals surface area contributed by atoms with E-state index in [9.17, 15) is 4.79 Å². The van der Waals surface area contributed by atoms with Crippen molar-refractivity contribution in [3.8, 4) is 0 Å². The normalized spacial score (nSPS) is 12.1. The number of benzene rings is 1. The van der Waals surface area contributed by atoms with Gasteiger partial charge >= 0.3 is 0 Å². The van der Waals surface area contributed by atoms with Gasteiger partial charge in [-0.2, -0.15) is 0 Å². The van der Waals surface area contributed by atoms with E-state index < -0.39 is 0 Å². The highest BCUT2D eigenvalue weighted by atomic mass is 32.1. The molecule has 0 aliphatic carbocycles. The molecule has 2 aromatic rings. The van der Waals surface area contributed by atoms with Gasteiger partial charge in [-0.15, -0.1) is 11.3 Å². The van der Waals surface area contributed by atoms with E-state index in [4.69, 9.17) is 5.11 Å². The molecule has 1 atom stereocenters. The van der Waals surface area contributed by atoms with Gasteiger partial charge in [0.05, 0.1) is 12.5 Å². The Labute approximate surface area is 116 Å². The smallest absolute Gasteiger partial charge is 0.225 e. The Morgan fingerprint density at radius 1 is 1.21 bits per heavy atom. The predicted molar refractivity (Wildman–Crippen MR) is 77.1 cm³/mol. The molecule has 3 nitrogen and oxygen atoms in total. The molecule has 0 radical (unpaired) electrons. The molecule has 0 aliphatic heterocycles. The molecule has 2 N–H and O–H groups in total. The molecule has 0 bridgehead atoms. The molecule has 4 heteroatoms. The summed E-state index contributed by atoms with van der Waals surface area (Å²) in [7, 11) is 0. The molecular formula is C15H17NO2S. The Morgan fingerprint density at radius 2 is 2.00 bits per heavy atom. The summed E-state index contributed by atoms with van der Waals surface area (Å²) in [5, 5.41) is 14.1. The van der Waals surface area contributed by atoms with Crippen LogP contribution in [0.3, 0.4) is 0 Å². The van der Waals surface area contributed by atoms with E-state index in [-0.39, 0.29) is 18.6 Å². The van der Waals surface area contributed by atoms with Gasteiger partial charge in [0, 0.05) is 11.5 Å². The number of carbonyl (C=O) groups excluding carboxylic acids is 1. The highest BCUT2D eigenvalue weighted by molar-refractivity contribution is 7.10. The van der Waals surface area contributed by atoms with Crippen LogP contribution in [-0.2, 0) is 11.2 Å². The van der Waals surface area contributed by atoms with Crippen molar-refractivity contribution in [1.82, 2.24) is 5.32 Å². The van der Waals surface area contributed by atoms with E-state index >= 15 is 0 Å². The zero-order valence-electron chi connectivity index (χ0n) is 10.6. The molecular weight excluding hydrogens is 258 g/mol. The van der Waals surface area contributed by atoms with Gasteiger partial charge in [-0.1, -0.05) is 36.4 Å². The minimum absolute atomic E-state index is 0.00949. The van der Waals surface area contributed by atoms with Crippen LogP contribution in [0.25, 0.3) is 0 Å². The maximum Gasteiger partial charge on any atom is 0.225 e. The van der Waals surface area contributed by atoms with E-state index in [1.807, 2.05) is 47.8 Å².